The quantitative estimate of drug-likeness (QED) is 0.857. The zero-order valence-electron chi connectivity index (χ0n) is 13.1. The predicted octanol–water partition coefficient (Wildman–Crippen LogP) is 4.16. The number of benzene rings is 1. The van der Waals surface area contributed by atoms with Crippen LogP contribution in [0.5, 0.6) is 0 Å². The van der Waals surface area contributed by atoms with E-state index in [1.54, 1.807) is 0 Å². The Bertz CT molecular complexity index is 511. The molecule has 1 aliphatic carbocycles. The number of amides is 1. The Kier molecular flexibility index (Phi) is 5.10. The molecule has 21 heavy (non-hydrogen) atoms. The molecule has 0 spiro atoms. The van der Waals surface area contributed by atoms with Gasteiger partial charge < -0.3 is 11.1 Å². The molecule has 0 heterocycles. The second-order valence-electron chi connectivity index (χ2n) is 6.55. The van der Waals surface area contributed by atoms with Gasteiger partial charge in [0.2, 0.25) is 5.91 Å². The highest BCUT2D eigenvalue weighted by molar-refractivity contribution is 9.10. The number of carbonyl (C=O) groups is 1. The molecule has 0 bridgehead atoms. The summed E-state index contributed by atoms with van der Waals surface area (Å²) in [4.78, 5) is 12.7. The van der Waals surface area contributed by atoms with Gasteiger partial charge in [-0.15, -0.1) is 0 Å². The highest BCUT2D eigenvalue weighted by atomic mass is 79.9. The van der Waals surface area contributed by atoms with Crippen molar-refractivity contribution in [2.45, 2.75) is 46.5 Å². The lowest BCUT2D eigenvalue weighted by molar-refractivity contribution is -0.127. The van der Waals surface area contributed by atoms with Crippen LogP contribution in [0.15, 0.2) is 16.6 Å². The molecule has 0 unspecified atom stereocenters. The van der Waals surface area contributed by atoms with Crippen molar-refractivity contribution in [3.8, 4) is 0 Å². The summed E-state index contributed by atoms with van der Waals surface area (Å²) in [6.07, 6.45) is 3.96. The summed E-state index contributed by atoms with van der Waals surface area (Å²) in [5, 5.41) is 3.09. The van der Waals surface area contributed by atoms with Gasteiger partial charge in [0.1, 0.15) is 0 Å². The summed E-state index contributed by atoms with van der Waals surface area (Å²) in [7, 11) is 0. The maximum atomic E-state index is 12.7. The van der Waals surface area contributed by atoms with Crippen molar-refractivity contribution in [1.29, 1.82) is 0 Å². The molecule has 1 amide bonds. The maximum absolute atomic E-state index is 12.7. The standard InChI is InChI=1S/C17H25BrN2O/c1-11-4-6-17(10-19,7-5-11)16(21)20-14-8-12(2)15(18)13(3)9-14/h8-9,11H,4-7,10,19H2,1-3H3,(H,20,21). The van der Waals surface area contributed by atoms with Crippen LogP contribution in [0.1, 0.15) is 43.7 Å². The van der Waals surface area contributed by atoms with E-state index in [1.165, 1.54) is 0 Å². The van der Waals surface area contributed by atoms with Gasteiger partial charge in [-0.05, 0) is 68.7 Å². The molecule has 0 aromatic heterocycles. The first-order valence-electron chi connectivity index (χ1n) is 7.66. The van der Waals surface area contributed by atoms with E-state index in [-0.39, 0.29) is 11.3 Å². The van der Waals surface area contributed by atoms with Crippen molar-refractivity contribution in [3.05, 3.63) is 27.7 Å². The van der Waals surface area contributed by atoms with Crippen LogP contribution in [-0.2, 0) is 4.79 Å². The van der Waals surface area contributed by atoms with Crippen molar-refractivity contribution in [2.75, 3.05) is 11.9 Å². The number of halogens is 1. The van der Waals surface area contributed by atoms with Crippen molar-refractivity contribution >= 4 is 27.5 Å². The van der Waals surface area contributed by atoms with Gasteiger partial charge in [-0.2, -0.15) is 0 Å². The zero-order valence-corrected chi connectivity index (χ0v) is 14.7. The van der Waals surface area contributed by atoms with Crippen molar-refractivity contribution in [2.24, 2.45) is 17.1 Å². The van der Waals surface area contributed by atoms with Crippen LogP contribution in [0.2, 0.25) is 0 Å². The molecule has 1 aromatic rings. The summed E-state index contributed by atoms with van der Waals surface area (Å²) >= 11 is 3.55. The Labute approximate surface area is 135 Å². The molecule has 0 saturated heterocycles. The number of aryl methyl sites for hydroxylation is 2. The lowest BCUT2D eigenvalue weighted by atomic mass is 9.70. The molecule has 3 nitrogen and oxygen atoms in total. The molecule has 0 radical (unpaired) electrons. The van der Waals surface area contributed by atoms with Crippen molar-refractivity contribution in [3.63, 3.8) is 0 Å². The summed E-state index contributed by atoms with van der Waals surface area (Å²) in [6, 6.07) is 4.01. The third-order valence-corrected chi connectivity index (χ3v) is 6.05. The molecule has 1 aromatic carbocycles. The number of nitrogens with one attached hydrogen (secondary N) is 1. The Morgan fingerprint density at radius 2 is 1.86 bits per heavy atom. The molecule has 2 rings (SSSR count). The van der Waals surface area contributed by atoms with E-state index in [4.69, 9.17) is 5.73 Å². The maximum Gasteiger partial charge on any atom is 0.231 e. The molecule has 1 fully saturated rings. The predicted molar refractivity (Wildman–Crippen MR) is 91.4 cm³/mol. The number of nitrogens with two attached hydrogens (primary N) is 1. The highest BCUT2D eigenvalue weighted by Crippen LogP contribution is 2.39. The summed E-state index contributed by atoms with van der Waals surface area (Å²) in [5.41, 5.74) is 8.69. The molecule has 1 saturated carbocycles. The third kappa shape index (κ3) is 3.49. The van der Waals surface area contributed by atoms with Crippen LogP contribution < -0.4 is 11.1 Å². The molecule has 0 atom stereocenters. The SMILES string of the molecule is Cc1cc(NC(=O)C2(CN)CCC(C)CC2)cc(C)c1Br. The fourth-order valence-electron chi connectivity index (χ4n) is 3.12. The van der Waals surface area contributed by atoms with Gasteiger partial charge in [-0.3, -0.25) is 4.79 Å². The van der Waals surface area contributed by atoms with E-state index >= 15 is 0 Å². The molecule has 4 heteroatoms. The number of anilines is 1. The summed E-state index contributed by atoms with van der Waals surface area (Å²) < 4.78 is 1.10. The van der Waals surface area contributed by atoms with E-state index in [0.29, 0.717) is 12.5 Å². The summed E-state index contributed by atoms with van der Waals surface area (Å²) in [5.74, 6) is 0.785. The van der Waals surface area contributed by atoms with Gasteiger partial charge in [-0.25, -0.2) is 0 Å². The van der Waals surface area contributed by atoms with Gasteiger partial charge in [0.15, 0.2) is 0 Å². The smallest absolute Gasteiger partial charge is 0.231 e. The minimum atomic E-state index is -0.388. The Hall–Kier alpha value is -0.870. The monoisotopic (exact) mass is 352 g/mol. The third-order valence-electron chi connectivity index (χ3n) is 4.80. The van der Waals surface area contributed by atoms with Gasteiger partial charge in [0.05, 0.1) is 5.41 Å². The van der Waals surface area contributed by atoms with E-state index in [1.807, 2.05) is 26.0 Å². The molecule has 3 N–H and O–H groups in total. The van der Waals surface area contributed by atoms with Gasteiger partial charge in [0.25, 0.3) is 0 Å². The first-order valence-corrected chi connectivity index (χ1v) is 8.45. The van der Waals surface area contributed by atoms with Crippen LogP contribution in [-0.4, -0.2) is 12.5 Å². The average Bonchev–Trinajstić information content (AvgIpc) is 2.45. The number of carbonyl (C=O) groups excluding carboxylic acids is 1. The van der Waals surface area contributed by atoms with E-state index < -0.39 is 0 Å². The minimum absolute atomic E-state index is 0.0815. The topological polar surface area (TPSA) is 55.1 Å². The number of hydrogen-bond donors (Lipinski definition) is 2. The Morgan fingerprint density at radius 1 is 1.33 bits per heavy atom. The second-order valence-corrected chi connectivity index (χ2v) is 7.34. The van der Waals surface area contributed by atoms with Gasteiger partial charge >= 0.3 is 0 Å². The largest absolute Gasteiger partial charge is 0.329 e. The van der Waals surface area contributed by atoms with Crippen molar-refractivity contribution in [1.82, 2.24) is 0 Å². The Balaban J connectivity index is 2.16. The highest BCUT2D eigenvalue weighted by Gasteiger charge is 2.39. The van der Waals surface area contributed by atoms with Crippen LogP contribution >= 0.6 is 15.9 Å². The lowest BCUT2D eigenvalue weighted by Crippen LogP contribution is -2.44. The van der Waals surface area contributed by atoms with E-state index in [9.17, 15) is 4.79 Å². The fourth-order valence-corrected chi connectivity index (χ4v) is 3.35. The zero-order chi connectivity index (χ0) is 15.6. The molecule has 0 aliphatic heterocycles. The number of hydrogen-bond acceptors (Lipinski definition) is 2. The Morgan fingerprint density at radius 3 is 2.33 bits per heavy atom. The van der Waals surface area contributed by atoms with E-state index in [2.05, 4.69) is 28.2 Å². The summed E-state index contributed by atoms with van der Waals surface area (Å²) in [6.45, 7) is 6.75. The normalized spacial score (nSPS) is 25.7. The lowest BCUT2D eigenvalue weighted by Gasteiger charge is -2.37. The molecular formula is C17H25BrN2O. The van der Waals surface area contributed by atoms with E-state index in [0.717, 1.165) is 47.0 Å². The van der Waals surface area contributed by atoms with Gasteiger partial charge in [0, 0.05) is 16.7 Å². The van der Waals surface area contributed by atoms with Gasteiger partial charge in [-0.1, -0.05) is 22.9 Å². The molecule has 1 aliphatic rings. The molecular weight excluding hydrogens is 328 g/mol. The molecule has 116 valence electrons. The first-order chi connectivity index (χ1) is 9.88. The van der Waals surface area contributed by atoms with Crippen LogP contribution in [0.3, 0.4) is 0 Å². The van der Waals surface area contributed by atoms with Crippen LogP contribution in [0.25, 0.3) is 0 Å². The van der Waals surface area contributed by atoms with Crippen LogP contribution in [0, 0.1) is 25.2 Å². The van der Waals surface area contributed by atoms with Crippen LogP contribution in [0.4, 0.5) is 5.69 Å². The number of rotatable bonds is 3. The first kappa shape index (κ1) is 16.5. The average molecular weight is 353 g/mol. The minimum Gasteiger partial charge on any atom is -0.329 e. The van der Waals surface area contributed by atoms with Crippen molar-refractivity contribution < 1.29 is 4.79 Å². The second kappa shape index (κ2) is 6.49. The fraction of sp³-hybridized carbons (Fsp3) is 0.588.